The Balaban J connectivity index is 1.68. The van der Waals surface area contributed by atoms with Crippen molar-refractivity contribution in [3.8, 4) is 11.5 Å². The smallest absolute Gasteiger partial charge is 0.144 e. The van der Waals surface area contributed by atoms with Gasteiger partial charge in [-0.15, -0.1) is 0 Å². The SMILES string of the molecule is CC1(C)c2cccc(/C=N/S(=O)C(C)(C)C)c2Oc2c(P(c3ccccc3)c3ccccc3)cccc21. The molecule has 0 fully saturated rings. The van der Waals surface area contributed by atoms with Crippen molar-refractivity contribution in [2.24, 2.45) is 4.40 Å². The Morgan fingerprint density at radius 1 is 0.757 bits per heavy atom. The Labute approximate surface area is 224 Å². The first-order valence-electron chi connectivity index (χ1n) is 12.5. The molecule has 0 aliphatic carbocycles. The van der Waals surface area contributed by atoms with E-state index in [1.807, 2.05) is 32.9 Å². The molecule has 4 aromatic rings. The van der Waals surface area contributed by atoms with Crippen LogP contribution in [0.1, 0.15) is 51.3 Å². The van der Waals surface area contributed by atoms with E-state index in [0.717, 1.165) is 22.6 Å². The monoisotopic (exact) mass is 525 g/mol. The van der Waals surface area contributed by atoms with E-state index < -0.39 is 23.7 Å². The summed E-state index contributed by atoms with van der Waals surface area (Å²) in [6, 6.07) is 34.1. The van der Waals surface area contributed by atoms with Crippen LogP contribution in [0.25, 0.3) is 0 Å². The Hall–Kier alpha value is -3.07. The molecule has 0 bridgehead atoms. The predicted molar refractivity (Wildman–Crippen MR) is 159 cm³/mol. The van der Waals surface area contributed by atoms with Gasteiger partial charge in [-0.25, -0.2) is 4.21 Å². The molecule has 3 nitrogen and oxygen atoms in total. The lowest BCUT2D eigenvalue weighted by atomic mass is 9.75. The molecule has 5 rings (SSSR count). The highest BCUT2D eigenvalue weighted by Crippen LogP contribution is 2.51. The van der Waals surface area contributed by atoms with Gasteiger partial charge in [-0.2, -0.15) is 4.40 Å². The standard InChI is InChI=1S/C32H32NO2PS/c1-31(2,3)37(34)33-22-23-14-12-19-26-29(23)35-30-27(32(26,4)5)20-13-21-28(30)36(24-15-8-6-9-16-24)25-17-10-7-11-18-25/h6-22H,1-5H3/b33-22+. The minimum Gasteiger partial charge on any atom is -0.455 e. The molecule has 0 N–H and O–H groups in total. The Bertz CT molecular complexity index is 1430. The zero-order chi connectivity index (χ0) is 26.2. The lowest BCUT2D eigenvalue weighted by molar-refractivity contribution is 0.421. The van der Waals surface area contributed by atoms with E-state index >= 15 is 0 Å². The van der Waals surface area contributed by atoms with Gasteiger partial charge >= 0.3 is 0 Å². The third-order valence-corrected chi connectivity index (χ3v) is 10.5. The number of nitrogens with zero attached hydrogens (tertiary/aromatic N) is 1. The summed E-state index contributed by atoms with van der Waals surface area (Å²) in [6.45, 7) is 10.3. The van der Waals surface area contributed by atoms with Crippen molar-refractivity contribution in [3.05, 3.63) is 114 Å². The molecule has 1 aliphatic rings. The molecular formula is C32H32NO2PS. The first-order chi connectivity index (χ1) is 17.7. The number of para-hydroxylation sites is 2. The van der Waals surface area contributed by atoms with Gasteiger partial charge in [0.05, 0.1) is 4.75 Å². The van der Waals surface area contributed by atoms with Crippen LogP contribution >= 0.6 is 7.92 Å². The first kappa shape index (κ1) is 25.6. The fourth-order valence-electron chi connectivity index (χ4n) is 4.65. The predicted octanol–water partition coefficient (Wildman–Crippen LogP) is 6.76. The number of ether oxygens (including phenoxy) is 1. The van der Waals surface area contributed by atoms with E-state index in [9.17, 15) is 4.21 Å². The van der Waals surface area contributed by atoms with Gasteiger partial charge in [-0.1, -0.05) is 105 Å². The Kier molecular flexibility index (Phi) is 6.91. The van der Waals surface area contributed by atoms with Crippen LogP contribution in [0.3, 0.4) is 0 Å². The van der Waals surface area contributed by atoms with Crippen LogP contribution in [-0.4, -0.2) is 15.2 Å². The lowest BCUT2D eigenvalue weighted by Gasteiger charge is -2.37. The summed E-state index contributed by atoms with van der Waals surface area (Å²) in [7, 11) is -2.19. The maximum atomic E-state index is 12.7. The van der Waals surface area contributed by atoms with Crippen LogP contribution in [0.4, 0.5) is 0 Å². The quantitative estimate of drug-likeness (QED) is 0.213. The molecule has 1 atom stereocenters. The summed E-state index contributed by atoms with van der Waals surface area (Å²) in [5.41, 5.74) is 2.84. The summed E-state index contributed by atoms with van der Waals surface area (Å²) in [5.74, 6) is 1.70. The number of hydrogen-bond donors (Lipinski definition) is 0. The molecule has 0 radical (unpaired) electrons. The van der Waals surface area contributed by atoms with Gasteiger partial charge in [0.15, 0.2) is 0 Å². The van der Waals surface area contributed by atoms with Crippen molar-refractivity contribution in [1.29, 1.82) is 0 Å². The van der Waals surface area contributed by atoms with Gasteiger partial charge in [0.1, 0.15) is 22.5 Å². The van der Waals surface area contributed by atoms with E-state index in [1.54, 1.807) is 6.21 Å². The van der Waals surface area contributed by atoms with E-state index in [1.165, 1.54) is 21.5 Å². The van der Waals surface area contributed by atoms with Crippen LogP contribution in [-0.2, 0) is 16.4 Å². The number of fused-ring (bicyclic) bond motifs is 2. The van der Waals surface area contributed by atoms with Crippen LogP contribution in [0.15, 0.2) is 101 Å². The Morgan fingerprint density at radius 2 is 1.30 bits per heavy atom. The third kappa shape index (κ3) is 4.93. The van der Waals surface area contributed by atoms with Crippen LogP contribution < -0.4 is 20.7 Å². The number of hydrogen-bond acceptors (Lipinski definition) is 2. The van der Waals surface area contributed by atoms with Gasteiger partial charge in [0, 0.05) is 33.6 Å². The largest absolute Gasteiger partial charge is 0.455 e. The third-order valence-electron chi connectivity index (χ3n) is 6.67. The molecule has 1 aliphatic heterocycles. The molecule has 188 valence electrons. The second-order valence-electron chi connectivity index (χ2n) is 10.7. The molecule has 1 unspecified atom stereocenters. The van der Waals surface area contributed by atoms with Crippen molar-refractivity contribution < 1.29 is 8.95 Å². The molecular weight excluding hydrogens is 493 g/mol. The molecule has 4 aromatic carbocycles. The van der Waals surface area contributed by atoms with Crippen LogP contribution in [0.2, 0.25) is 0 Å². The average molecular weight is 526 g/mol. The molecule has 37 heavy (non-hydrogen) atoms. The fraction of sp³-hybridized carbons (Fsp3) is 0.219. The second-order valence-corrected chi connectivity index (χ2v) is 14.8. The lowest BCUT2D eigenvalue weighted by Crippen LogP contribution is -2.30. The topological polar surface area (TPSA) is 38.7 Å². The molecule has 0 amide bonds. The molecule has 1 heterocycles. The normalized spacial score (nSPS) is 15.2. The van der Waals surface area contributed by atoms with Crippen molar-refractivity contribution >= 4 is 41.0 Å². The summed E-state index contributed by atoms with van der Waals surface area (Å²) in [4.78, 5) is 0. The summed E-state index contributed by atoms with van der Waals surface area (Å²) in [5, 5.41) is 3.74. The number of rotatable bonds is 5. The molecule has 0 spiro atoms. The Morgan fingerprint density at radius 3 is 1.86 bits per heavy atom. The highest BCUT2D eigenvalue weighted by atomic mass is 32.2. The molecule has 0 aromatic heterocycles. The van der Waals surface area contributed by atoms with E-state index in [-0.39, 0.29) is 5.41 Å². The average Bonchev–Trinajstić information content (AvgIpc) is 2.89. The van der Waals surface area contributed by atoms with Gasteiger partial charge in [-0.3, -0.25) is 0 Å². The highest BCUT2D eigenvalue weighted by Gasteiger charge is 2.37. The first-order valence-corrected chi connectivity index (χ1v) is 14.9. The van der Waals surface area contributed by atoms with Crippen molar-refractivity contribution in [1.82, 2.24) is 0 Å². The summed E-state index contributed by atoms with van der Waals surface area (Å²) < 4.78 is 23.5. The molecule has 5 heteroatoms. The maximum absolute atomic E-state index is 12.7. The van der Waals surface area contributed by atoms with Gasteiger partial charge in [0.2, 0.25) is 0 Å². The minimum atomic E-state index is -1.35. The van der Waals surface area contributed by atoms with Gasteiger partial charge in [-0.05, 0) is 45.4 Å². The molecule has 0 saturated carbocycles. The zero-order valence-corrected chi connectivity index (χ0v) is 23.6. The van der Waals surface area contributed by atoms with Crippen LogP contribution in [0.5, 0.6) is 11.5 Å². The molecule has 0 saturated heterocycles. The van der Waals surface area contributed by atoms with Gasteiger partial charge in [0.25, 0.3) is 0 Å². The van der Waals surface area contributed by atoms with Crippen LogP contribution in [0, 0.1) is 0 Å². The zero-order valence-electron chi connectivity index (χ0n) is 21.9. The summed E-state index contributed by atoms with van der Waals surface area (Å²) in [6.07, 6.45) is 1.71. The highest BCUT2D eigenvalue weighted by molar-refractivity contribution is 7.85. The maximum Gasteiger partial charge on any atom is 0.144 e. The van der Waals surface area contributed by atoms with E-state index in [2.05, 4.69) is 103 Å². The fourth-order valence-corrected chi connectivity index (χ4v) is 7.58. The second kappa shape index (κ2) is 10.0. The number of benzene rings is 4. The minimum absolute atomic E-state index is 0.277. The van der Waals surface area contributed by atoms with Gasteiger partial charge < -0.3 is 4.74 Å². The summed E-state index contributed by atoms with van der Waals surface area (Å²) >= 11 is 0. The van der Waals surface area contributed by atoms with E-state index in [4.69, 9.17) is 4.74 Å². The van der Waals surface area contributed by atoms with E-state index in [0.29, 0.717) is 0 Å². The van der Waals surface area contributed by atoms with Crippen molar-refractivity contribution in [3.63, 3.8) is 0 Å². The van der Waals surface area contributed by atoms with Crippen molar-refractivity contribution in [2.75, 3.05) is 0 Å². The van der Waals surface area contributed by atoms with Crippen molar-refractivity contribution in [2.45, 2.75) is 44.8 Å².